The van der Waals surface area contributed by atoms with Crippen LogP contribution < -0.4 is 5.32 Å². The Hall–Kier alpha value is -1.67. The summed E-state index contributed by atoms with van der Waals surface area (Å²) in [6.07, 6.45) is 5.15. The number of pyridine rings is 1. The van der Waals surface area contributed by atoms with E-state index >= 15 is 0 Å². The van der Waals surface area contributed by atoms with Crippen LogP contribution in [0.1, 0.15) is 43.1 Å². The van der Waals surface area contributed by atoms with Gasteiger partial charge >= 0.3 is 0 Å². The highest BCUT2D eigenvalue weighted by Gasteiger charge is 2.11. The minimum atomic E-state index is 0.338. The highest BCUT2D eigenvalue weighted by molar-refractivity contribution is 5.26. The van der Waals surface area contributed by atoms with Crippen LogP contribution in [0, 0.1) is 0 Å². The second-order valence-corrected chi connectivity index (χ2v) is 5.13. The van der Waals surface area contributed by atoms with Gasteiger partial charge in [-0.2, -0.15) is 0 Å². The zero-order valence-electron chi connectivity index (χ0n) is 12.5. The van der Waals surface area contributed by atoms with Gasteiger partial charge in [-0.25, -0.2) is 0 Å². The molecule has 1 atom stereocenters. The maximum absolute atomic E-state index is 4.43. The predicted molar refractivity (Wildman–Crippen MR) is 84.8 cm³/mol. The second-order valence-electron chi connectivity index (χ2n) is 5.13. The standard InChI is InChI=1S/C18H24N2/c1-3-7-15-9-11-16(12-10-15)18(19-4-2)14-17-8-5-6-13-20-17/h5-6,8-13,18-19H,3-4,7,14H2,1-2H3. The molecule has 1 N–H and O–H groups in total. The molecule has 0 bridgehead atoms. The van der Waals surface area contributed by atoms with Gasteiger partial charge in [-0.05, 0) is 36.2 Å². The van der Waals surface area contributed by atoms with Crippen molar-refractivity contribution in [2.24, 2.45) is 0 Å². The van der Waals surface area contributed by atoms with Crippen molar-refractivity contribution in [3.8, 4) is 0 Å². The van der Waals surface area contributed by atoms with Crippen LogP contribution in [0.5, 0.6) is 0 Å². The molecule has 0 spiro atoms. The molecule has 106 valence electrons. The SMILES string of the molecule is CCCc1ccc(C(Cc2ccccn2)NCC)cc1. The quantitative estimate of drug-likeness (QED) is 0.823. The second kappa shape index (κ2) is 7.81. The molecular formula is C18H24N2. The van der Waals surface area contributed by atoms with Crippen LogP contribution in [0.15, 0.2) is 48.7 Å². The molecule has 0 saturated carbocycles. The minimum Gasteiger partial charge on any atom is -0.310 e. The topological polar surface area (TPSA) is 24.9 Å². The number of nitrogens with one attached hydrogen (secondary N) is 1. The summed E-state index contributed by atoms with van der Waals surface area (Å²) in [6, 6.07) is 15.5. The first-order chi connectivity index (χ1) is 9.83. The Morgan fingerprint density at radius 3 is 2.45 bits per heavy atom. The lowest BCUT2D eigenvalue weighted by molar-refractivity contribution is 0.544. The Labute approximate surface area is 122 Å². The monoisotopic (exact) mass is 268 g/mol. The molecule has 0 radical (unpaired) electrons. The average molecular weight is 268 g/mol. The Balaban J connectivity index is 2.11. The van der Waals surface area contributed by atoms with Crippen molar-refractivity contribution in [2.75, 3.05) is 6.54 Å². The van der Waals surface area contributed by atoms with Crippen LogP contribution in [0.3, 0.4) is 0 Å². The van der Waals surface area contributed by atoms with E-state index in [2.05, 4.69) is 60.5 Å². The van der Waals surface area contributed by atoms with Gasteiger partial charge in [-0.3, -0.25) is 4.98 Å². The molecule has 20 heavy (non-hydrogen) atoms. The van der Waals surface area contributed by atoms with Crippen molar-refractivity contribution in [1.82, 2.24) is 10.3 Å². The lowest BCUT2D eigenvalue weighted by Crippen LogP contribution is -2.23. The summed E-state index contributed by atoms with van der Waals surface area (Å²) < 4.78 is 0. The Kier molecular flexibility index (Phi) is 5.75. The normalized spacial score (nSPS) is 12.3. The van der Waals surface area contributed by atoms with Crippen LogP contribution >= 0.6 is 0 Å². The van der Waals surface area contributed by atoms with E-state index in [0.717, 1.165) is 25.1 Å². The number of hydrogen-bond acceptors (Lipinski definition) is 2. The number of benzene rings is 1. The molecule has 1 heterocycles. The van der Waals surface area contributed by atoms with Crippen molar-refractivity contribution < 1.29 is 0 Å². The van der Waals surface area contributed by atoms with E-state index in [1.54, 1.807) is 0 Å². The summed E-state index contributed by atoms with van der Waals surface area (Å²) in [7, 11) is 0. The number of likely N-dealkylation sites (N-methyl/N-ethyl adjacent to an activating group) is 1. The number of aryl methyl sites for hydroxylation is 1. The molecule has 0 aliphatic rings. The van der Waals surface area contributed by atoms with E-state index in [9.17, 15) is 0 Å². The summed E-state index contributed by atoms with van der Waals surface area (Å²) in [5.74, 6) is 0. The Bertz CT molecular complexity index is 491. The highest BCUT2D eigenvalue weighted by Crippen LogP contribution is 2.18. The average Bonchev–Trinajstić information content (AvgIpc) is 2.49. The van der Waals surface area contributed by atoms with Gasteiger partial charge in [0.15, 0.2) is 0 Å². The van der Waals surface area contributed by atoms with Gasteiger partial charge < -0.3 is 5.32 Å². The van der Waals surface area contributed by atoms with Gasteiger partial charge in [-0.1, -0.05) is 50.6 Å². The maximum atomic E-state index is 4.43. The molecule has 2 heteroatoms. The van der Waals surface area contributed by atoms with Crippen LogP contribution in [0.4, 0.5) is 0 Å². The van der Waals surface area contributed by atoms with Crippen molar-refractivity contribution in [1.29, 1.82) is 0 Å². The Morgan fingerprint density at radius 2 is 1.85 bits per heavy atom. The molecule has 0 aliphatic carbocycles. The molecule has 1 aromatic carbocycles. The molecule has 0 saturated heterocycles. The molecule has 0 fully saturated rings. The number of hydrogen-bond donors (Lipinski definition) is 1. The molecule has 1 aromatic heterocycles. The summed E-state index contributed by atoms with van der Waals surface area (Å²) in [5, 5.41) is 3.56. The fourth-order valence-electron chi connectivity index (χ4n) is 2.49. The van der Waals surface area contributed by atoms with E-state index in [4.69, 9.17) is 0 Å². The lowest BCUT2D eigenvalue weighted by atomic mass is 9.99. The van der Waals surface area contributed by atoms with Crippen molar-refractivity contribution in [3.63, 3.8) is 0 Å². The third-order valence-electron chi connectivity index (χ3n) is 3.51. The smallest absolute Gasteiger partial charge is 0.0422 e. The summed E-state index contributed by atoms with van der Waals surface area (Å²) >= 11 is 0. The molecule has 0 aliphatic heterocycles. The van der Waals surface area contributed by atoms with E-state index in [1.165, 1.54) is 17.5 Å². The Morgan fingerprint density at radius 1 is 1.05 bits per heavy atom. The molecule has 2 nitrogen and oxygen atoms in total. The summed E-state index contributed by atoms with van der Waals surface area (Å²) in [4.78, 5) is 4.43. The first-order valence-corrected chi connectivity index (χ1v) is 7.55. The molecule has 2 rings (SSSR count). The van der Waals surface area contributed by atoms with E-state index < -0.39 is 0 Å². The zero-order valence-corrected chi connectivity index (χ0v) is 12.5. The van der Waals surface area contributed by atoms with E-state index in [-0.39, 0.29) is 0 Å². The van der Waals surface area contributed by atoms with Crippen molar-refractivity contribution in [3.05, 3.63) is 65.5 Å². The molecular weight excluding hydrogens is 244 g/mol. The predicted octanol–water partition coefficient (Wildman–Crippen LogP) is 3.93. The van der Waals surface area contributed by atoms with Crippen molar-refractivity contribution >= 4 is 0 Å². The largest absolute Gasteiger partial charge is 0.310 e. The van der Waals surface area contributed by atoms with Gasteiger partial charge in [0, 0.05) is 24.4 Å². The molecule has 0 amide bonds. The minimum absolute atomic E-state index is 0.338. The lowest BCUT2D eigenvalue weighted by Gasteiger charge is -2.18. The van der Waals surface area contributed by atoms with Gasteiger partial charge in [0.25, 0.3) is 0 Å². The van der Waals surface area contributed by atoms with Crippen LogP contribution in [0.25, 0.3) is 0 Å². The summed E-state index contributed by atoms with van der Waals surface area (Å²) in [6.45, 7) is 5.33. The van der Waals surface area contributed by atoms with E-state index in [0.29, 0.717) is 6.04 Å². The van der Waals surface area contributed by atoms with Crippen molar-refractivity contribution in [2.45, 2.75) is 39.2 Å². The van der Waals surface area contributed by atoms with Crippen LogP contribution in [-0.4, -0.2) is 11.5 Å². The van der Waals surface area contributed by atoms with Crippen LogP contribution in [-0.2, 0) is 12.8 Å². The molecule has 1 unspecified atom stereocenters. The fourth-order valence-corrected chi connectivity index (χ4v) is 2.49. The van der Waals surface area contributed by atoms with E-state index in [1.807, 2.05) is 12.3 Å². The van der Waals surface area contributed by atoms with Crippen LogP contribution in [0.2, 0.25) is 0 Å². The number of aromatic nitrogens is 1. The maximum Gasteiger partial charge on any atom is 0.0422 e. The number of nitrogens with zero attached hydrogens (tertiary/aromatic N) is 1. The van der Waals surface area contributed by atoms with Gasteiger partial charge in [0.2, 0.25) is 0 Å². The third kappa shape index (κ3) is 4.17. The van der Waals surface area contributed by atoms with Gasteiger partial charge in [0.05, 0.1) is 0 Å². The first kappa shape index (κ1) is 14.7. The first-order valence-electron chi connectivity index (χ1n) is 7.55. The molecule has 2 aromatic rings. The zero-order chi connectivity index (χ0) is 14.2. The number of rotatable bonds is 7. The fraction of sp³-hybridized carbons (Fsp3) is 0.389. The third-order valence-corrected chi connectivity index (χ3v) is 3.51. The highest BCUT2D eigenvalue weighted by atomic mass is 14.9. The van der Waals surface area contributed by atoms with Gasteiger partial charge in [-0.15, -0.1) is 0 Å². The van der Waals surface area contributed by atoms with Gasteiger partial charge in [0.1, 0.15) is 0 Å². The summed E-state index contributed by atoms with van der Waals surface area (Å²) in [5.41, 5.74) is 3.90.